The third-order valence-corrected chi connectivity index (χ3v) is 3.04. The second kappa shape index (κ2) is 6.70. The van der Waals surface area contributed by atoms with Gasteiger partial charge in [0.15, 0.2) is 0 Å². The minimum absolute atomic E-state index is 0.0777. The summed E-state index contributed by atoms with van der Waals surface area (Å²) in [6.07, 6.45) is 0.403. The molecule has 0 heterocycles. The second-order valence-corrected chi connectivity index (χ2v) is 4.80. The molecule has 0 saturated carbocycles. The van der Waals surface area contributed by atoms with E-state index >= 15 is 0 Å². The summed E-state index contributed by atoms with van der Waals surface area (Å²) in [6, 6.07) is 14.5. The summed E-state index contributed by atoms with van der Waals surface area (Å²) in [6.45, 7) is 3.77. The van der Waals surface area contributed by atoms with Gasteiger partial charge in [-0.05, 0) is 37.3 Å². The number of anilines is 2. The number of aryl methyl sites for hydroxylation is 1. The molecule has 2 rings (SSSR count). The fourth-order valence-electron chi connectivity index (χ4n) is 1.83. The van der Waals surface area contributed by atoms with E-state index in [4.69, 9.17) is 0 Å². The van der Waals surface area contributed by atoms with Crippen LogP contribution in [0.25, 0.3) is 0 Å². The summed E-state index contributed by atoms with van der Waals surface area (Å²) in [4.78, 5) is 23.6. The van der Waals surface area contributed by atoms with E-state index in [-0.39, 0.29) is 11.8 Å². The molecule has 0 fully saturated rings. The van der Waals surface area contributed by atoms with Gasteiger partial charge >= 0.3 is 0 Å². The highest BCUT2D eigenvalue weighted by molar-refractivity contribution is 6.05. The summed E-state index contributed by atoms with van der Waals surface area (Å²) >= 11 is 0. The summed E-state index contributed by atoms with van der Waals surface area (Å²) < 4.78 is 0. The third-order valence-electron chi connectivity index (χ3n) is 3.04. The van der Waals surface area contributed by atoms with E-state index < -0.39 is 0 Å². The largest absolute Gasteiger partial charge is 0.326 e. The van der Waals surface area contributed by atoms with Crippen molar-refractivity contribution in [3.63, 3.8) is 0 Å². The molecule has 0 radical (unpaired) electrons. The third kappa shape index (κ3) is 4.18. The van der Waals surface area contributed by atoms with Gasteiger partial charge in [0.25, 0.3) is 5.91 Å². The van der Waals surface area contributed by atoms with Crippen LogP contribution in [-0.2, 0) is 4.79 Å². The Morgan fingerprint density at radius 2 is 1.67 bits per heavy atom. The van der Waals surface area contributed by atoms with E-state index in [0.717, 1.165) is 11.3 Å². The SMILES string of the molecule is CCC(=O)Nc1cccc(C(=O)Nc2ccc(C)cc2)c1. The molecule has 0 atom stereocenters. The van der Waals surface area contributed by atoms with E-state index in [0.29, 0.717) is 17.7 Å². The van der Waals surface area contributed by atoms with Crippen molar-refractivity contribution in [2.75, 3.05) is 10.6 Å². The molecule has 0 bridgehead atoms. The smallest absolute Gasteiger partial charge is 0.255 e. The van der Waals surface area contributed by atoms with Crippen LogP contribution in [0.3, 0.4) is 0 Å². The zero-order valence-corrected chi connectivity index (χ0v) is 12.1. The van der Waals surface area contributed by atoms with Crippen molar-refractivity contribution in [3.8, 4) is 0 Å². The summed E-state index contributed by atoms with van der Waals surface area (Å²) in [7, 11) is 0. The van der Waals surface area contributed by atoms with Crippen LogP contribution in [0.15, 0.2) is 48.5 Å². The molecule has 2 amide bonds. The van der Waals surface area contributed by atoms with Gasteiger partial charge in [0.2, 0.25) is 5.91 Å². The van der Waals surface area contributed by atoms with Crippen molar-refractivity contribution < 1.29 is 9.59 Å². The van der Waals surface area contributed by atoms with Crippen LogP contribution in [-0.4, -0.2) is 11.8 Å². The molecule has 2 N–H and O–H groups in total. The van der Waals surface area contributed by atoms with Crippen LogP contribution in [0, 0.1) is 6.92 Å². The van der Waals surface area contributed by atoms with Gasteiger partial charge in [-0.2, -0.15) is 0 Å². The van der Waals surface area contributed by atoms with Gasteiger partial charge in [-0.25, -0.2) is 0 Å². The van der Waals surface area contributed by atoms with Gasteiger partial charge in [-0.15, -0.1) is 0 Å². The van der Waals surface area contributed by atoms with Crippen LogP contribution < -0.4 is 10.6 Å². The molecule has 0 aliphatic heterocycles. The van der Waals surface area contributed by atoms with Gasteiger partial charge in [-0.3, -0.25) is 9.59 Å². The minimum atomic E-state index is -0.202. The average molecular weight is 282 g/mol. The molecule has 2 aromatic rings. The highest BCUT2D eigenvalue weighted by atomic mass is 16.2. The van der Waals surface area contributed by atoms with Crippen molar-refractivity contribution in [2.24, 2.45) is 0 Å². The predicted molar refractivity (Wildman–Crippen MR) is 84.5 cm³/mol. The topological polar surface area (TPSA) is 58.2 Å². The van der Waals surface area contributed by atoms with Crippen LogP contribution in [0.1, 0.15) is 29.3 Å². The normalized spacial score (nSPS) is 10.0. The minimum Gasteiger partial charge on any atom is -0.326 e. The summed E-state index contributed by atoms with van der Waals surface area (Å²) in [5, 5.41) is 5.57. The van der Waals surface area contributed by atoms with E-state index in [2.05, 4.69) is 10.6 Å². The fraction of sp³-hybridized carbons (Fsp3) is 0.176. The second-order valence-electron chi connectivity index (χ2n) is 4.80. The van der Waals surface area contributed by atoms with Crippen LogP contribution >= 0.6 is 0 Å². The number of carbonyl (C=O) groups excluding carboxylic acids is 2. The Morgan fingerprint density at radius 1 is 0.952 bits per heavy atom. The van der Waals surface area contributed by atoms with E-state index in [1.807, 2.05) is 31.2 Å². The molecule has 0 aliphatic carbocycles. The summed E-state index contributed by atoms with van der Waals surface area (Å²) in [5.41, 5.74) is 3.01. The van der Waals surface area contributed by atoms with Crippen molar-refractivity contribution in [3.05, 3.63) is 59.7 Å². The number of hydrogen-bond donors (Lipinski definition) is 2. The first-order chi connectivity index (χ1) is 10.1. The Labute approximate surface area is 124 Å². The van der Waals surface area contributed by atoms with Gasteiger partial charge in [0, 0.05) is 23.4 Å². The molecule has 0 spiro atoms. The lowest BCUT2D eigenvalue weighted by atomic mass is 10.1. The Morgan fingerprint density at radius 3 is 2.33 bits per heavy atom. The van der Waals surface area contributed by atoms with Gasteiger partial charge in [0.1, 0.15) is 0 Å². The van der Waals surface area contributed by atoms with Crippen LogP contribution in [0.2, 0.25) is 0 Å². The molecule has 0 unspecified atom stereocenters. The molecule has 0 saturated heterocycles. The molecular weight excluding hydrogens is 264 g/mol. The lowest BCUT2D eigenvalue weighted by Gasteiger charge is -2.08. The number of rotatable bonds is 4. The Kier molecular flexibility index (Phi) is 4.72. The maximum Gasteiger partial charge on any atom is 0.255 e. The first-order valence-corrected chi connectivity index (χ1v) is 6.86. The first-order valence-electron chi connectivity index (χ1n) is 6.86. The van der Waals surface area contributed by atoms with Gasteiger partial charge in [0.05, 0.1) is 0 Å². The fourth-order valence-corrected chi connectivity index (χ4v) is 1.83. The maximum absolute atomic E-state index is 12.2. The molecule has 4 nitrogen and oxygen atoms in total. The number of hydrogen-bond acceptors (Lipinski definition) is 2. The zero-order chi connectivity index (χ0) is 15.2. The highest BCUT2D eigenvalue weighted by Crippen LogP contribution is 2.14. The molecule has 2 aromatic carbocycles. The quantitative estimate of drug-likeness (QED) is 0.900. The van der Waals surface area contributed by atoms with Gasteiger partial charge in [-0.1, -0.05) is 30.7 Å². The molecule has 108 valence electrons. The standard InChI is InChI=1S/C17H18N2O2/c1-3-16(20)18-15-6-4-5-13(11-15)17(21)19-14-9-7-12(2)8-10-14/h4-11H,3H2,1-2H3,(H,18,20)(H,19,21). The molecule has 21 heavy (non-hydrogen) atoms. The lowest BCUT2D eigenvalue weighted by molar-refractivity contribution is -0.115. The monoisotopic (exact) mass is 282 g/mol. The number of carbonyl (C=O) groups is 2. The van der Waals surface area contributed by atoms with Crippen LogP contribution in [0.4, 0.5) is 11.4 Å². The van der Waals surface area contributed by atoms with Crippen molar-refractivity contribution >= 4 is 23.2 Å². The van der Waals surface area contributed by atoms with E-state index in [1.165, 1.54) is 0 Å². The lowest BCUT2D eigenvalue weighted by Crippen LogP contribution is -2.13. The van der Waals surface area contributed by atoms with Gasteiger partial charge < -0.3 is 10.6 Å². The Bertz CT molecular complexity index is 648. The van der Waals surface area contributed by atoms with E-state index in [9.17, 15) is 9.59 Å². The maximum atomic E-state index is 12.2. The number of benzene rings is 2. The number of nitrogens with one attached hydrogen (secondary N) is 2. The molecule has 0 aromatic heterocycles. The van der Waals surface area contributed by atoms with Crippen molar-refractivity contribution in [2.45, 2.75) is 20.3 Å². The number of amides is 2. The average Bonchev–Trinajstić information content (AvgIpc) is 2.49. The molecular formula is C17H18N2O2. The zero-order valence-electron chi connectivity index (χ0n) is 12.1. The predicted octanol–water partition coefficient (Wildman–Crippen LogP) is 3.60. The van der Waals surface area contributed by atoms with Crippen molar-refractivity contribution in [1.82, 2.24) is 0 Å². The van der Waals surface area contributed by atoms with Crippen molar-refractivity contribution in [1.29, 1.82) is 0 Å². The molecule has 4 heteroatoms. The first kappa shape index (κ1) is 14.8. The summed E-state index contributed by atoms with van der Waals surface area (Å²) in [5.74, 6) is -0.280. The Balaban J connectivity index is 2.10. The Hall–Kier alpha value is -2.62. The molecule has 0 aliphatic rings. The van der Waals surface area contributed by atoms with Crippen LogP contribution in [0.5, 0.6) is 0 Å². The van der Waals surface area contributed by atoms with E-state index in [1.54, 1.807) is 31.2 Å². The highest BCUT2D eigenvalue weighted by Gasteiger charge is 2.07.